The Balaban J connectivity index is 1.70. The first-order valence-electron chi connectivity index (χ1n) is 9.37. The summed E-state index contributed by atoms with van der Waals surface area (Å²) in [5, 5.41) is 2.58. The van der Waals surface area contributed by atoms with Gasteiger partial charge in [-0.3, -0.25) is 14.8 Å². The molecule has 4 aromatic heterocycles. The highest BCUT2D eigenvalue weighted by Gasteiger charge is 2.25. The lowest BCUT2D eigenvalue weighted by molar-refractivity contribution is 0.101. The molecule has 7 nitrogen and oxygen atoms in total. The van der Waals surface area contributed by atoms with Gasteiger partial charge in [0.15, 0.2) is 0 Å². The Labute approximate surface area is 181 Å². The number of methoxy groups -OCH3 is 1. The number of ether oxygens (including phenoxy) is 1. The standard InChI is InChI=1S/C23H16N4O3S/c1-29-14-6-4-13(5-7-14)21(28)22-20(24)19-15(18-3-2-10-31-18)11-16(27-23(19)30-22)17-12-25-8-9-26-17/h2-12H,24H2,1H3. The number of hydrogen-bond acceptors (Lipinski definition) is 8. The van der Waals surface area contributed by atoms with E-state index in [2.05, 4.69) is 15.0 Å². The Morgan fingerprint density at radius 2 is 1.97 bits per heavy atom. The van der Waals surface area contributed by atoms with Gasteiger partial charge in [0.05, 0.1) is 30.1 Å². The van der Waals surface area contributed by atoms with Crippen molar-refractivity contribution in [1.82, 2.24) is 15.0 Å². The number of anilines is 1. The molecule has 0 saturated carbocycles. The molecule has 152 valence electrons. The van der Waals surface area contributed by atoms with Crippen LogP contribution in [0.2, 0.25) is 0 Å². The summed E-state index contributed by atoms with van der Waals surface area (Å²) in [5.41, 5.74) is 9.42. The molecule has 0 bridgehead atoms. The van der Waals surface area contributed by atoms with Crippen LogP contribution in [0.5, 0.6) is 5.75 Å². The number of nitrogen functional groups attached to an aromatic ring is 1. The Morgan fingerprint density at radius 1 is 1.13 bits per heavy atom. The molecule has 0 aliphatic rings. The minimum atomic E-state index is -0.323. The molecule has 0 amide bonds. The van der Waals surface area contributed by atoms with Gasteiger partial charge in [-0.25, -0.2) is 4.98 Å². The molecule has 0 radical (unpaired) electrons. The summed E-state index contributed by atoms with van der Waals surface area (Å²) in [6.45, 7) is 0. The summed E-state index contributed by atoms with van der Waals surface area (Å²) in [4.78, 5) is 27.1. The Hall–Kier alpha value is -4.04. The Bertz CT molecular complexity index is 1380. The molecule has 2 N–H and O–H groups in total. The molecular formula is C23H16N4O3S. The number of thiophene rings is 1. The van der Waals surface area contributed by atoms with Crippen molar-refractivity contribution in [2.75, 3.05) is 12.8 Å². The predicted octanol–water partition coefficient (Wildman–Crippen LogP) is 4.84. The fraction of sp³-hybridized carbons (Fsp3) is 0.0435. The van der Waals surface area contributed by atoms with Gasteiger partial charge in [0, 0.05) is 28.4 Å². The number of hydrogen-bond donors (Lipinski definition) is 1. The fourth-order valence-corrected chi connectivity index (χ4v) is 4.10. The van der Waals surface area contributed by atoms with Crippen LogP contribution in [0.1, 0.15) is 16.1 Å². The summed E-state index contributed by atoms with van der Waals surface area (Å²) < 4.78 is 11.1. The number of rotatable bonds is 5. The average Bonchev–Trinajstić information content (AvgIpc) is 3.47. The molecule has 0 saturated heterocycles. The molecule has 0 spiro atoms. The van der Waals surface area contributed by atoms with Crippen molar-refractivity contribution in [1.29, 1.82) is 0 Å². The maximum absolute atomic E-state index is 13.1. The normalized spacial score (nSPS) is 11.0. The van der Waals surface area contributed by atoms with Crippen molar-refractivity contribution in [3.05, 3.63) is 77.8 Å². The summed E-state index contributed by atoms with van der Waals surface area (Å²) in [6.07, 6.45) is 4.82. The van der Waals surface area contributed by atoms with E-state index in [0.717, 1.165) is 10.4 Å². The van der Waals surface area contributed by atoms with Crippen LogP contribution >= 0.6 is 11.3 Å². The highest BCUT2D eigenvalue weighted by Crippen LogP contribution is 2.40. The average molecular weight is 428 g/mol. The van der Waals surface area contributed by atoms with Crippen LogP contribution in [0, 0.1) is 0 Å². The molecule has 5 aromatic rings. The molecule has 0 aliphatic carbocycles. The number of nitrogens with two attached hydrogens (primary N) is 1. The van der Waals surface area contributed by atoms with E-state index in [1.807, 2.05) is 23.6 Å². The van der Waals surface area contributed by atoms with Gasteiger partial charge < -0.3 is 14.9 Å². The lowest BCUT2D eigenvalue weighted by atomic mass is 10.0. The maximum atomic E-state index is 13.1. The Morgan fingerprint density at radius 3 is 2.65 bits per heavy atom. The number of aromatic nitrogens is 3. The zero-order chi connectivity index (χ0) is 21.4. The third-order valence-corrected chi connectivity index (χ3v) is 5.77. The van der Waals surface area contributed by atoms with Crippen LogP contribution in [-0.4, -0.2) is 27.8 Å². The lowest BCUT2D eigenvalue weighted by Crippen LogP contribution is -2.03. The van der Waals surface area contributed by atoms with Gasteiger partial charge in [-0.2, -0.15) is 0 Å². The zero-order valence-corrected chi connectivity index (χ0v) is 17.2. The van der Waals surface area contributed by atoms with E-state index in [4.69, 9.17) is 14.9 Å². The second-order valence-corrected chi connectivity index (χ2v) is 7.65. The molecule has 4 heterocycles. The summed E-state index contributed by atoms with van der Waals surface area (Å²) in [5.74, 6) is 0.391. The van der Waals surface area contributed by atoms with E-state index in [1.54, 1.807) is 61.3 Å². The maximum Gasteiger partial charge on any atom is 0.230 e. The molecule has 0 fully saturated rings. The number of ketones is 1. The van der Waals surface area contributed by atoms with Gasteiger partial charge in [-0.15, -0.1) is 11.3 Å². The fourth-order valence-electron chi connectivity index (χ4n) is 3.35. The Kier molecular flexibility index (Phi) is 4.68. The topological polar surface area (TPSA) is 104 Å². The number of pyridine rings is 1. The molecule has 5 rings (SSSR count). The minimum Gasteiger partial charge on any atom is -0.497 e. The molecular weight excluding hydrogens is 412 g/mol. The van der Waals surface area contributed by atoms with Crippen LogP contribution in [0.25, 0.3) is 32.9 Å². The summed E-state index contributed by atoms with van der Waals surface area (Å²) in [7, 11) is 1.57. The van der Waals surface area contributed by atoms with Crippen molar-refractivity contribution < 1.29 is 13.9 Å². The predicted molar refractivity (Wildman–Crippen MR) is 119 cm³/mol. The number of benzene rings is 1. The van der Waals surface area contributed by atoms with Gasteiger partial charge in [0.1, 0.15) is 11.4 Å². The number of fused-ring (bicyclic) bond motifs is 1. The first-order chi connectivity index (χ1) is 15.2. The van der Waals surface area contributed by atoms with E-state index in [0.29, 0.717) is 28.1 Å². The molecule has 8 heteroatoms. The smallest absolute Gasteiger partial charge is 0.230 e. The van der Waals surface area contributed by atoms with Crippen molar-refractivity contribution in [2.45, 2.75) is 0 Å². The molecule has 0 aliphatic heterocycles. The van der Waals surface area contributed by atoms with Gasteiger partial charge in [-0.05, 0) is 41.8 Å². The second kappa shape index (κ2) is 7.66. The number of carbonyl (C=O) groups is 1. The van der Waals surface area contributed by atoms with Crippen molar-refractivity contribution in [3.63, 3.8) is 0 Å². The van der Waals surface area contributed by atoms with E-state index >= 15 is 0 Å². The number of carbonyl (C=O) groups excluding carboxylic acids is 1. The molecule has 0 unspecified atom stereocenters. The van der Waals surface area contributed by atoms with Crippen LogP contribution in [0.3, 0.4) is 0 Å². The van der Waals surface area contributed by atoms with Crippen molar-refractivity contribution in [3.8, 4) is 27.6 Å². The number of furan rings is 1. The van der Waals surface area contributed by atoms with E-state index in [-0.39, 0.29) is 22.9 Å². The van der Waals surface area contributed by atoms with Gasteiger partial charge in [0.2, 0.25) is 17.3 Å². The van der Waals surface area contributed by atoms with Crippen LogP contribution in [0.4, 0.5) is 5.69 Å². The SMILES string of the molecule is COc1ccc(C(=O)c2oc3nc(-c4cnccn4)cc(-c4cccs4)c3c2N)cc1. The summed E-state index contributed by atoms with van der Waals surface area (Å²) in [6, 6.07) is 12.6. The van der Waals surface area contributed by atoms with Gasteiger partial charge >= 0.3 is 0 Å². The van der Waals surface area contributed by atoms with Crippen molar-refractivity contribution in [2.24, 2.45) is 0 Å². The monoisotopic (exact) mass is 428 g/mol. The van der Waals surface area contributed by atoms with Crippen LogP contribution in [0.15, 0.2) is 70.9 Å². The van der Waals surface area contributed by atoms with Gasteiger partial charge in [0.25, 0.3) is 0 Å². The highest BCUT2D eigenvalue weighted by molar-refractivity contribution is 7.13. The largest absolute Gasteiger partial charge is 0.497 e. The van der Waals surface area contributed by atoms with Gasteiger partial charge in [-0.1, -0.05) is 6.07 Å². The van der Waals surface area contributed by atoms with E-state index in [9.17, 15) is 4.79 Å². The zero-order valence-electron chi connectivity index (χ0n) is 16.4. The second-order valence-electron chi connectivity index (χ2n) is 6.71. The lowest BCUT2D eigenvalue weighted by Gasteiger charge is -2.05. The first-order valence-corrected chi connectivity index (χ1v) is 10.3. The summed E-state index contributed by atoms with van der Waals surface area (Å²) >= 11 is 1.56. The molecule has 0 atom stereocenters. The van der Waals surface area contributed by atoms with Crippen molar-refractivity contribution >= 4 is 33.9 Å². The minimum absolute atomic E-state index is 0.0572. The third kappa shape index (κ3) is 3.32. The van der Waals surface area contributed by atoms with Crippen LogP contribution < -0.4 is 10.5 Å². The highest BCUT2D eigenvalue weighted by atomic mass is 32.1. The third-order valence-electron chi connectivity index (χ3n) is 4.87. The first kappa shape index (κ1) is 19.0. The van der Waals surface area contributed by atoms with E-state index < -0.39 is 0 Å². The van der Waals surface area contributed by atoms with Crippen LogP contribution in [-0.2, 0) is 0 Å². The molecule has 31 heavy (non-hydrogen) atoms. The molecule has 1 aromatic carbocycles. The number of nitrogens with zero attached hydrogens (tertiary/aromatic N) is 3. The quantitative estimate of drug-likeness (QED) is 0.400. The van der Waals surface area contributed by atoms with E-state index in [1.165, 1.54) is 0 Å².